The molecule has 0 spiro atoms. The number of aromatic nitrogens is 4. The van der Waals surface area contributed by atoms with Crippen LogP contribution in [-0.4, -0.2) is 40.5 Å². The van der Waals surface area contributed by atoms with E-state index < -0.39 is 0 Å². The zero-order chi connectivity index (χ0) is 11.6. The number of tetrazole rings is 1. The van der Waals surface area contributed by atoms with Gasteiger partial charge in [0.05, 0.1) is 18.2 Å². The van der Waals surface area contributed by atoms with E-state index in [1.807, 2.05) is 11.7 Å². The Morgan fingerprint density at radius 1 is 1.56 bits per heavy atom. The van der Waals surface area contributed by atoms with Crippen LogP contribution in [0, 0.1) is 0 Å². The van der Waals surface area contributed by atoms with Gasteiger partial charge < -0.3 is 10.1 Å². The van der Waals surface area contributed by atoms with Crippen LogP contribution in [-0.2, 0) is 10.3 Å². The SMILES string of the molecule is CNC(C)c1nnnn1C1(C)CCCOC1. The van der Waals surface area contributed by atoms with Crippen LogP contribution in [0.25, 0.3) is 0 Å². The van der Waals surface area contributed by atoms with Crippen LogP contribution in [0.4, 0.5) is 0 Å². The Balaban J connectivity index is 2.28. The molecule has 0 bridgehead atoms. The summed E-state index contributed by atoms with van der Waals surface area (Å²) in [5.41, 5.74) is -0.109. The Bertz CT molecular complexity index is 345. The van der Waals surface area contributed by atoms with E-state index in [4.69, 9.17) is 4.74 Å². The third-order valence-corrected chi connectivity index (χ3v) is 3.24. The van der Waals surface area contributed by atoms with Crippen molar-refractivity contribution in [1.82, 2.24) is 25.5 Å². The van der Waals surface area contributed by atoms with Crippen molar-refractivity contribution in [3.8, 4) is 0 Å². The molecule has 6 heteroatoms. The minimum atomic E-state index is -0.109. The Morgan fingerprint density at radius 2 is 2.38 bits per heavy atom. The predicted molar refractivity (Wildman–Crippen MR) is 59.0 cm³/mol. The van der Waals surface area contributed by atoms with Crippen molar-refractivity contribution in [2.45, 2.75) is 38.3 Å². The van der Waals surface area contributed by atoms with Crippen molar-refractivity contribution in [1.29, 1.82) is 0 Å². The molecule has 1 N–H and O–H groups in total. The standard InChI is InChI=1S/C10H19N5O/c1-8(11-3)9-12-13-14-15(9)10(2)5-4-6-16-7-10/h8,11H,4-7H2,1-3H3. The van der Waals surface area contributed by atoms with Crippen molar-refractivity contribution in [3.63, 3.8) is 0 Å². The predicted octanol–water partition coefficient (Wildman–Crippen LogP) is 0.479. The molecule has 2 unspecified atom stereocenters. The normalized spacial score (nSPS) is 27.9. The van der Waals surface area contributed by atoms with E-state index in [0.29, 0.717) is 6.61 Å². The van der Waals surface area contributed by atoms with Gasteiger partial charge in [-0.1, -0.05) is 0 Å². The fraction of sp³-hybridized carbons (Fsp3) is 0.900. The van der Waals surface area contributed by atoms with Crippen molar-refractivity contribution in [3.05, 3.63) is 5.82 Å². The average Bonchev–Trinajstić information content (AvgIpc) is 2.78. The zero-order valence-electron chi connectivity index (χ0n) is 10.1. The smallest absolute Gasteiger partial charge is 0.168 e. The molecule has 0 aromatic carbocycles. The van der Waals surface area contributed by atoms with Crippen LogP contribution < -0.4 is 5.32 Å². The van der Waals surface area contributed by atoms with E-state index >= 15 is 0 Å². The summed E-state index contributed by atoms with van der Waals surface area (Å²) >= 11 is 0. The number of nitrogens with one attached hydrogen (secondary N) is 1. The summed E-state index contributed by atoms with van der Waals surface area (Å²) in [5.74, 6) is 0.871. The van der Waals surface area contributed by atoms with Gasteiger partial charge >= 0.3 is 0 Å². The van der Waals surface area contributed by atoms with Crippen molar-refractivity contribution in [2.75, 3.05) is 20.3 Å². The van der Waals surface area contributed by atoms with E-state index in [1.165, 1.54) is 0 Å². The molecule has 1 saturated heterocycles. The molecule has 16 heavy (non-hydrogen) atoms. The number of ether oxygens (including phenoxy) is 1. The van der Waals surface area contributed by atoms with Gasteiger partial charge in [0.15, 0.2) is 5.82 Å². The second-order valence-corrected chi connectivity index (χ2v) is 4.61. The van der Waals surface area contributed by atoms with E-state index in [-0.39, 0.29) is 11.6 Å². The topological polar surface area (TPSA) is 64.9 Å². The van der Waals surface area contributed by atoms with Crippen LogP contribution in [0.1, 0.15) is 38.6 Å². The van der Waals surface area contributed by atoms with Gasteiger partial charge in [0.2, 0.25) is 0 Å². The molecular formula is C10H19N5O. The fourth-order valence-corrected chi connectivity index (χ4v) is 2.06. The minimum Gasteiger partial charge on any atom is -0.379 e. The molecular weight excluding hydrogens is 206 g/mol. The van der Waals surface area contributed by atoms with Crippen LogP contribution in [0.5, 0.6) is 0 Å². The van der Waals surface area contributed by atoms with E-state index in [2.05, 4.69) is 34.7 Å². The van der Waals surface area contributed by atoms with Gasteiger partial charge in [-0.3, -0.25) is 0 Å². The lowest BCUT2D eigenvalue weighted by molar-refractivity contribution is 0.000547. The first-order chi connectivity index (χ1) is 7.67. The highest BCUT2D eigenvalue weighted by molar-refractivity contribution is 4.96. The van der Waals surface area contributed by atoms with E-state index in [0.717, 1.165) is 25.3 Å². The largest absolute Gasteiger partial charge is 0.379 e. The maximum atomic E-state index is 5.54. The molecule has 1 fully saturated rings. The lowest BCUT2D eigenvalue weighted by atomic mass is 9.95. The Labute approximate surface area is 95.4 Å². The van der Waals surface area contributed by atoms with Gasteiger partial charge in [-0.15, -0.1) is 5.10 Å². The molecule has 1 aliphatic rings. The number of rotatable bonds is 3. The highest BCUT2D eigenvalue weighted by Crippen LogP contribution is 2.28. The molecule has 90 valence electrons. The monoisotopic (exact) mass is 225 g/mol. The summed E-state index contributed by atoms with van der Waals surface area (Å²) in [5, 5.41) is 15.1. The third-order valence-electron chi connectivity index (χ3n) is 3.24. The maximum absolute atomic E-state index is 5.54. The first-order valence-electron chi connectivity index (χ1n) is 5.71. The Morgan fingerprint density at radius 3 is 3.00 bits per heavy atom. The van der Waals surface area contributed by atoms with Crippen LogP contribution in [0.3, 0.4) is 0 Å². The first kappa shape index (κ1) is 11.5. The average molecular weight is 225 g/mol. The first-order valence-corrected chi connectivity index (χ1v) is 5.71. The van der Waals surface area contributed by atoms with Gasteiger partial charge in [-0.2, -0.15) is 0 Å². The summed E-state index contributed by atoms with van der Waals surface area (Å²) in [4.78, 5) is 0. The van der Waals surface area contributed by atoms with Gasteiger partial charge in [0, 0.05) is 6.61 Å². The van der Waals surface area contributed by atoms with Gasteiger partial charge in [0.1, 0.15) is 0 Å². The van der Waals surface area contributed by atoms with Crippen LogP contribution in [0.2, 0.25) is 0 Å². The van der Waals surface area contributed by atoms with E-state index in [9.17, 15) is 0 Å². The lowest BCUT2D eigenvalue weighted by Crippen LogP contribution is -2.41. The molecule has 0 radical (unpaired) electrons. The molecule has 1 aromatic rings. The Kier molecular flexibility index (Phi) is 3.20. The third kappa shape index (κ3) is 1.94. The van der Waals surface area contributed by atoms with Gasteiger partial charge in [-0.25, -0.2) is 4.68 Å². The highest BCUT2D eigenvalue weighted by atomic mass is 16.5. The molecule has 2 atom stereocenters. The molecule has 2 rings (SSSR count). The van der Waals surface area contributed by atoms with Crippen LogP contribution in [0.15, 0.2) is 0 Å². The number of hydrogen-bond acceptors (Lipinski definition) is 5. The molecule has 0 aliphatic carbocycles. The number of nitrogens with zero attached hydrogens (tertiary/aromatic N) is 4. The molecule has 0 amide bonds. The molecule has 2 heterocycles. The quantitative estimate of drug-likeness (QED) is 0.810. The lowest BCUT2D eigenvalue weighted by Gasteiger charge is -2.34. The second kappa shape index (κ2) is 4.47. The van der Waals surface area contributed by atoms with Crippen molar-refractivity contribution in [2.24, 2.45) is 0 Å². The zero-order valence-corrected chi connectivity index (χ0v) is 10.1. The second-order valence-electron chi connectivity index (χ2n) is 4.61. The fourth-order valence-electron chi connectivity index (χ4n) is 2.06. The minimum absolute atomic E-state index is 0.109. The van der Waals surface area contributed by atoms with Gasteiger partial charge in [-0.05, 0) is 44.2 Å². The molecule has 1 aromatic heterocycles. The maximum Gasteiger partial charge on any atom is 0.168 e. The summed E-state index contributed by atoms with van der Waals surface area (Å²) in [6, 6.07) is 0.147. The summed E-state index contributed by atoms with van der Waals surface area (Å²) < 4.78 is 7.45. The summed E-state index contributed by atoms with van der Waals surface area (Å²) in [6.07, 6.45) is 2.12. The highest BCUT2D eigenvalue weighted by Gasteiger charge is 2.34. The van der Waals surface area contributed by atoms with Crippen LogP contribution >= 0.6 is 0 Å². The summed E-state index contributed by atoms with van der Waals surface area (Å²) in [6.45, 7) is 5.72. The summed E-state index contributed by atoms with van der Waals surface area (Å²) in [7, 11) is 1.91. The molecule has 6 nitrogen and oxygen atoms in total. The Hall–Kier alpha value is -1.01. The van der Waals surface area contributed by atoms with E-state index in [1.54, 1.807) is 0 Å². The van der Waals surface area contributed by atoms with Gasteiger partial charge in [0.25, 0.3) is 0 Å². The molecule has 0 saturated carbocycles. The van der Waals surface area contributed by atoms with Crippen molar-refractivity contribution >= 4 is 0 Å². The van der Waals surface area contributed by atoms with Crippen molar-refractivity contribution < 1.29 is 4.74 Å². The number of hydrogen-bond donors (Lipinski definition) is 1. The molecule has 1 aliphatic heterocycles.